The molecule has 0 bridgehead atoms. The predicted molar refractivity (Wildman–Crippen MR) is 118 cm³/mol. The minimum absolute atomic E-state index is 0.0320. The Labute approximate surface area is 182 Å². The molecule has 31 heavy (non-hydrogen) atoms. The number of benzene rings is 2. The van der Waals surface area contributed by atoms with Gasteiger partial charge >= 0.3 is 0 Å². The first-order chi connectivity index (χ1) is 15.1. The molecule has 2 aromatic carbocycles. The molecule has 166 valence electrons. The summed E-state index contributed by atoms with van der Waals surface area (Å²) in [6.07, 6.45) is 0.971. The fourth-order valence-corrected chi connectivity index (χ4v) is 3.20. The summed E-state index contributed by atoms with van der Waals surface area (Å²) in [4.78, 5) is 16.3. The lowest BCUT2D eigenvalue weighted by molar-refractivity contribution is 0.0950. The highest BCUT2D eigenvalue weighted by atomic mass is 19.1. The zero-order valence-corrected chi connectivity index (χ0v) is 17.9. The smallest absolute Gasteiger partial charge is 0.254 e. The number of halogens is 1. The van der Waals surface area contributed by atoms with Gasteiger partial charge in [-0.1, -0.05) is 24.3 Å². The highest BCUT2D eigenvalue weighted by Gasteiger charge is 2.19. The van der Waals surface area contributed by atoms with Gasteiger partial charge in [0.05, 0.1) is 18.8 Å². The Balaban J connectivity index is 1.46. The molecule has 0 spiro atoms. The van der Waals surface area contributed by atoms with Crippen LogP contribution in [0.3, 0.4) is 0 Å². The number of aryl methyl sites for hydroxylation is 1. The molecule has 1 fully saturated rings. The average Bonchev–Trinajstić information content (AvgIpc) is 3.27. The van der Waals surface area contributed by atoms with Crippen molar-refractivity contribution in [2.75, 3.05) is 33.4 Å². The van der Waals surface area contributed by atoms with Gasteiger partial charge in [-0.15, -0.1) is 0 Å². The molecule has 2 aromatic rings. The lowest BCUT2D eigenvalue weighted by Crippen LogP contribution is -2.41. The standard InChI is InChI=1S/C23H29FN4O3/c1-16-7-8-17(21(13-16)31-18-9-12-30-15-18)14-28-23(25-2)27-11-10-26-22(29)19-5-3-4-6-20(19)24/h3-8,13,18H,9-12,14-15H2,1-2H3,(H,26,29)(H2,25,27,28). The molecule has 1 aliphatic rings. The monoisotopic (exact) mass is 428 g/mol. The van der Waals surface area contributed by atoms with Crippen molar-refractivity contribution < 1.29 is 18.7 Å². The van der Waals surface area contributed by atoms with E-state index in [2.05, 4.69) is 20.9 Å². The van der Waals surface area contributed by atoms with Gasteiger partial charge in [0.15, 0.2) is 5.96 Å². The van der Waals surface area contributed by atoms with Crippen LogP contribution in [0, 0.1) is 12.7 Å². The Hall–Kier alpha value is -3.13. The van der Waals surface area contributed by atoms with E-state index in [0.717, 1.165) is 29.9 Å². The van der Waals surface area contributed by atoms with Crippen molar-refractivity contribution in [2.24, 2.45) is 4.99 Å². The summed E-state index contributed by atoms with van der Waals surface area (Å²) >= 11 is 0. The van der Waals surface area contributed by atoms with E-state index in [0.29, 0.717) is 32.2 Å². The number of rotatable bonds is 8. The van der Waals surface area contributed by atoms with Gasteiger partial charge in [0.1, 0.15) is 17.7 Å². The molecule has 0 saturated carbocycles. The Kier molecular flexibility index (Phi) is 8.23. The maximum Gasteiger partial charge on any atom is 0.254 e. The number of carbonyl (C=O) groups excluding carboxylic acids is 1. The summed E-state index contributed by atoms with van der Waals surface area (Å²) in [6, 6.07) is 12.0. The third kappa shape index (κ3) is 6.68. The minimum Gasteiger partial charge on any atom is -0.488 e. The second-order valence-corrected chi connectivity index (χ2v) is 7.30. The summed E-state index contributed by atoms with van der Waals surface area (Å²) < 4.78 is 25.2. The van der Waals surface area contributed by atoms with E-state index in [1.54, 1.807) is 19.2 Å². The quantitative estimate of drug-likeness (QED) is 0.342. The zero-order valence-electron chi connectivity index (χ0n) is 17.9. The van der Waals surface area contributed by atoms with E-state index < -0.39 is 11.7 Å². The molecule has 8 heteroatoms. The maximum atomic E-state index is 13.7. The topological polar surface area (TPSA) is 84.0 Å². The molecule has 3 rings (SSSR count). The van der Waals surface area contributed by atoms with E-state index in [4.69, 9.17) is 9.47 Å². The molecule has 1 aliphatic heterocycles. The summed E-state index contributed by atoms with van der Waals surface area (Å²) in [5.41, 5.74) is 2.18. The lowest BCUT2D eigenvalue weighted by atomic mass is 10.1. The van der Waals surface area contributed by atoms with Crippen molar-refractivity contribution in [3.05, 3.63) is 65.0 Å². The number of amides is 1. The third-order valence-corrected chi connectivity index (χ3v) is 4.90. The highest BCUT2D eigenvalue weighted by molar-refractivity contribution is 5.94. The third-order valence-electron chi connectivity index (χ3n) is 4.90. The van der Waals surface area contributed by atoms with E-state index in [-0.39, 0.29) is 11.7 Å². The van der Waals surface area contributed by atoms with Gasteiger partial charge in [0.25, 0.3) is 5.91 Å². The fourth-order valence-electron chi connectivity index (χ4n) is 3.20. The van der Waals surface area contributed by atoms with E-state index in [9.17, 15) is 9.18 Å². The van der Waals surface area contributed by atoms with E-state index in [1.165, 1.54) is 12.1 Å². The van der Waals surface area contributed by atoms with Crippen molar-refractivity contribution in [2.45, 2.75) is 26.0 Å². The van der Waals surface area contributed by atoms with Crippen LogP contribution in [0.1, 0.15) is 27.9 Å². The summed E-state index contributed by atoms with van der Waals surface area (Å²) in [7, 11) is 1.68. The van der Waals surface area contributed by atoms with Crippen LogP contribution in [0.15, 0.2) is 47.5 Å². The van der Waals surface area contributed by atoms with Crippen LogP contribution >= 0.6 is 0 Å². The Bertz CT molecular complexity index is 913. The number of nitrogens with one attached hydrogen (secondary N) is 3. The number of hydrogen-bond acceptors (Lipinski definition) is 4. The zero-order chi connectivity index (χ0) is 22.1. The normalized spacial score (nSPS) is 16.1. The van der Waals surface area contributed by atoms with Crippen molar-refractivity contribution >= 4 is 11.9 Å². The van der Waals surface area contributed by atoms with Gasteiger partial charge in [0, 0.05) is 38.7 Å². The molecule has 7 nitrogen and oxygen atoms in total. The number of carbonyl (C=O) groups is 1. The molecule has 1 saturated heterocycles. The molecule has 0 radical (unpaired) electrons. The Morgan fingerprint density at radius 1 is 1.19 bits per heavy atom. The van der Waals surface area contributed by atoms with Crippen molar-refractivity contribution in [1.82, 2.24) is 16.0 Å². The summed E-state index contributed by atoms with van der Waals surface area (Å²) in [5.74, 6) is 0.456. The van der Waals surface area contributed by atoms with Gasteiger partial charge in [-0.25, -0.2) is 4.39 Å². The van der Waals surface area contributed by atoms with Crippen molar-refractivity contribution in [1.29, 1.82) is 0 Å². The van der Waals surface area contributed by atoms with E-state index >= 15 is 0 Å². The first kappa shape index (κ1) is 22.6. The predicted octanol–water partition coefficient (Wildman–Crippen LogP) is 2.40. The van der Waals surface area contributed by atoms with Gasteiger partial charge in [-0.3, -0.25) is 9.79 Å². The number of aliphatic imine (C=N–C) groups is 1. The maximum absolute atomic E-state index is 13.7. The number of guanidine groups is 1. The second-order valence-electron chi connectivity index (χ2n) is 7.30. The number of ether oxygens (including phenoxy) is 2. The lowest BCUT2D eigenvalue weighted by Gasteiger charge is -2.18. The van der Waals surface area contributed by atoms with Crippen LogP contribution in [0.4, 0.5) is 4.39 Å². The fraction of sp³-hybridized carbons (Fsp3) is 0.391. The van der Waals surface area contributed by atoms with Gasteiger partial charge in [0.2, 0.25) is 0 Å². The Morgan fingerprint density at radius 2 is 2.00 bits per heavy atom. The molecule has 1 amide bonds. The van der Waals surface area contributed by atoms with Gasteiger partial charge < -0.3 is 25.4 Å². The van der Waals surface area contributed by atoms with Crippen LogP contribution in [0.25, 0.3) is 0 Å². The molecule has 0 aromatic heterocycles. The van der Waals surface area contributed by atoms with Crippen LogP contribution < -0.4 is 20.7 Å². The largest absolute Gasteiger partial charge is 0.488 e. The molecule has 1 unspecified atom stereocenters. The number of nitrogens with zero attached hydrogens (tertiary/aromatic N) is 1. The highest BCUT2D eigenvalue weighted by Crippen LogP contribution is 2.23. The number of hydrogen-bond donors (Lipinski definition) is 3. The average molecular weight is 429 g/mol. The van der Waals surface area contributed by atoms with Crippen LogP contribution in [-0.2, 0) is 11.3 Å². The molecule has 1 atom stereocenters. The molecular formula is C23H29FN4O3. The first-order valence-corrected chi connectivity index (χ1v) is 10.4. The molecule has 1 heterocycles. The van der Waals surface area contributed by atoms with E-state index in [1.807, 2.05) is 25.1 Å². The van der Waals surface area contributed by atoms with Crippen LogP contribution in [0.2, 0.25) is 0 Å². The van der Waals surface area contributed by atoms with Crippen LogP contribution in [0.5, 0.6) is 5.75 Å². The van der Waals surface area contributed by atoms with Crippen molar-refractivity contribution in [3.63, 3.8) is 0 Å². The Morgan fingerprint density at radius 3 is 2.74 bits per heavy atom. The molecular weight excluding hydrogens is 399 g/mol. The summed E-state index contributed by atoms with van der Waals surface area (Å²) in [5, 5.41) is 9.08. The molecule has 0 aliphatic carbocycles. The SMILES string of the molecule is CN=C(NCCNC(=O)c1ccccc1F)NCc1ccc(C)cc1OC1CCOC1. The molecule has 3 N–H and O–H groups in total. The minimum atomic E-state index is -0.536. The second kappa shape index (κ2) is 11.3. The van der Waals surface area contributed by atoms with Gasteiger partial charge in [-0.2, -0.15) is 0 Å². The van der Waals surface area contributed by atoms with Crippen LogP contribution in [-0.4, -0.2) is 51.3 Å². The first-order valence-electron chi connectivity index (χ1n) is 10.4. The summed E-state index contributed by atoms with van der Waals surface area (Å²) in [6.45, 7) is 4.68. The van der Waals surface area contributed by atoms with Crippen molar-refractivity contribution in [3.8, 4) is 5.75 Å². The van der Waals surface area contributed by atoms with Gasteiger partial charge in [-0.05, 0) is 30.7 Å².